The number of carbonyl (C=O) groups excluding carboxylic acids is 2. The van der Waals surface area contributed by atoms with Gasteiger partial charge in [-0.15, -0.1) is 11.8 Å². The molecule has 3 atom stereocenters. The van der Waals surface area contributed by atoms with Gasteiger partial charge >= 0.3 is 6.09 Å². The van der Waals surface area contributed by atoms with Crippen molar-refractivity contribution in [2.75, 3.05) is 29.1 Å². The zero-order chi connectivity index (χ0) is 25.0. The summed E-state index contributed by atoms with van der Waals surface area (Å²) >= 11 is 1.47. The molecule has 6 rings (SSSR count). The predicted octanol–water partition coefficient (Wildman–Crippen LogP) is 4.20. The number of halogens is 1. The van der Waals surface area contributed by atoms with E-state index >= 15 is 0 Å². The van der Waals surface area contributed by atoms with Crippen LogP contribution in [-0.4, -0.2) is 41.5 Å². The average Bonchev–Trinajstić information content (AvgIpc) is 3.38. The number of aromatic nitrogens is 1. The van der Waals surface area contributed by atoms with Crippen LogP contribution >= 0.6 is 11.8 Å². The third kappa shape index (κ3) is 3.84. The molecule has 3 aliphatic heterocycles. The first-order chi connectivity index (χ1) is 17.4. The molecule has 1 aromatic heterocycles. The minimum atomic E-state index is -0.407. The Morgan fingerprint density at radius 3 is 2.86 bits per heavy atom. The summed E-state index contributed by atoms with van der Waals surface area (Å²) in [5, 5.41) is 7.12. The highest BCUT2D eigenvalue weighted by Gasteiger charge is 2.35. The molecule has 1 saturated heterocycles. The molecular formula is C26H25FN4O4S. The number of nitrogens with zero attached hydrogens (tertiary/aromatic N) is 2. The van der Waals surface area contributed by atoms with Crippen LogP contribution in [0.4, 0.5) is 20.6 Å². The number of carbonyl (C=O) groups is 2. The van der Waals surface area contributed by atoms with Gasteiger partial charge < -0.3 is 19.9 Å². The number of hydrogen-bond acceptors (Lipinski definition) is 6. The Kier molecular flexibility index (Phi) is 5.72. The van der Waals surface area contributed by atoms with Crippen LogP contribution < -0.4 is 21.1 Å². The number of fused-ring (bicyclic) bond motifs is 1. The molecule has 186 valence electrons. The van der Waals surface area contributed by atoms with Crippen LogP contribution in [0.5, 0.6) is 0 Å². The maximum atomic E-state index is 14.8. The lowest BCUT2D eigenvalue weighted by molar-refractivity contribution is -0.113. The Morgan fingerprint density at radius 2 is 2.00 bits per heavy atom. The zero-order valence-electron chi connectivity index (χ0n) is 19.6. The minimum Gasteiger partial charge on any atom is -0.444 e. The number of hydrogen-bond donors (Lipinski definition) is 2. The number of nitrogens with one attached hydrogen (secondary N) is 2. The maximum absolute atomic E-state index is 14.8. The highest BCUT2D eigenvalue weighted by molar-refractivity contribution is 8.00. The van der Waals surface area contributed by atoms with E-state index in [1.54, 1.807) is 27.7 Å². The molecule has 0 bridgehead atoms. The van der Waals surface area contributed by atoms with Gasteiger partial charge in [-0.05, 0) is 68.1 Å². The lowest BCUT2D eigenvalue weighted by Gasteiger charge is -2.20. The van der Waals surface area contributed by atoms with E-state index in [2.05, 4.69) is 10.6 Å². The number of ether oxygens (including phenoxy) is 1. The Morgan fingerprint density at radius 1 is 1.17 bits per heavy atom. The van der Waals surface area contributed by atoms with Crippen molar-refractivity contribution in [3.05, 3.63) is 64.2 Å². The molecule has 2 N–H and O–H groups in total. The number of rotatable bonds is 6. The normalized spacial score (nSPS) is 22.6. The van der Waals surface area contributed by atoms with Gasteiger partial charge in [-0.25, -0.2) is 9.18 Å². The topological polar surface area (TPSA) is 92.7 Å². The first kappa shape index (κ1) is 23.1. The quantitative estimate of drug-likeness (QED) is 0.485. The Bertz CT molecular complexity index is 1460. The van der Waals surface area contributed by atoms with Crippen molar-refractivity contribution in [2.45, 2.75) is 42.8 Å². The summed E-state index contributed by atoms with van der Waals surface area (Å²) in [6.07, 6.45) is 0.693. The molecule has 0 aliphatic carbocycles. The van der Waals surface area contributed by atoms with Gasteiger partial charge in [0, 0.05) is 22.2 Å². The standard InChI is InChI=1S/C26H25FN4O4S/c1-14-24(23-18(27)7-4-15-5-9-22(33)31(14)25(15)23)28-10-2-3-17-12-30(26(34)35-17)16-6-8-20-19(11-16)29-21(32)13-36-20/h4-9,11,14,17,24,28H,2-3,10,12-13H2,1H3,(H,29,32)/t14-,17+,24+/m0/s1. The number of pyridine rings is 1. The van der Waals surface area contributed by atoms with E-state index in [1.807, 2.05) is 19.1 Å². The van der Waals surface area contributed by atoms with Crippen molar-refractivity contribution in [2.24, 2.45) is 0 Å². The first-order valence-electron chi connectivity index (χ1n) is 12.0. The second-order valence-electron chi connectivity index (χ2n) is 9.39. The number of anilines is 2. The lowest BCUT2D eigenvalue weighted by atomic mass is 10.0. The van der Waals surface area contributed by atoms with Crippen molar-refractivity contribution in [3.8, 4) is 0 Å². The largest absolute Gasteiger partial charge is 0.444 e. The van der Waals surface area contributed by atoms with Gasteiger partial charge in [0.25, 0.3) is 5.56 Å². The summed E-state index contributed by atoms with van der Waals surface area (Å²) in [4.78, 5) is 39.3. The monoisotopic (exact) mass is 508 g/mol. The summed E-state index contributed by atoms with van der Waals surface area (Å²) in [6, 6.07) is 11.5. The predicted molar refractivity (Wildman–Crippen MR) is 136 cm³/mol. The van der Waals surface area contributed by atoms with Gasteiger partial charge in [-0.2, -0.15) is 0 Å². The van der Waals surface area contributed by atoms with Gasteiger partial charge in [0.05, 0.1) is 35.6 Å². The third-order valence-electron chi connectivity index (χ3n) is 7.13. The van der Waals surface area contributed by atoms with Gasteiger partial charge in [0.2, 0.25) is 5.91 Å². The Balaban J connectivity index is 1.08. The summed E-state index contributed by atoms with van der Waals surface area (Å²) in [6.45, 7) is 2.94. The molecule has 2 amide bonds. The fraction of sp³-hybridized carbons (Fsp3) is 0.346. The van der Waals surface area contributed by atoms with E-state index < -0.39 is 6.09 Å². The molecule has 0 saturated carbocycles. The number of cyclic esters (lactones) is 1. The molecular weight excluding hydrogens is 483 g/mol. The van der Waals surface area contributed by atoms with Crippen molar-refractivity contribution >= 4 is 46.0 Å². The summed E-state index contributed by atoms with van der Waals surface area (Å²) in [5.41, 5.74) is 2.46. The second-order valence-corrected chi connectivity index (χ2v) is 10.4. The molecule has 2 aromatic carbocycles. The Hall–Kier alpha value is -3.37. The van der Waals surface area contributed by atoms with E-state index in [4.69, 9.17) is 4.74 Å². The fourth-order valence-corrected chi connectivity index (χ4v) is 6.22. The number of thioether (sulfide) groups is 1. The van der Waals surface area contributed by atoms with Crippen LogP contribution in [0, 0.1) is 5.82 Å². The molecule has 10 heteroatoms. The zero-order valence-corrected chi connectivity index (χ0v) is 20.4. The van der Waals surface area contributed by atoms with Crippen LogP contribution in [0.25, 0.3) is 10.9 Å². The molecule has 0 unspecified atom stereocenters. The van der Waals surface area contributed by atoms with Gasteiger partial charge in [-0.3, -0.25) is 14.5 Å². The summed E-state index contributed by atoms with van der Waals surface area (Å²) < 4.78 is 22.0. The molecule has 36 heavy (non-hydrogen) atoms. The van der Waals surface area contributed by atoms with Crippen LogP contribution in [0.3, 0.4) is 0 Å². The van der Waals surface area contributed by atoms with Gasteiger partial charge in [0.1, 0.15) is 11.9 Å². The molecule has 0 radical (unpaired) electrons. The number of benzene rings is 2. The fourth-order valence-electron chi connectivity index (χ4n) is 5.43. The smallest absolute Gasteiger partial charge is 0.414 e. The molecule has 1 fully saturated rings. The highest BCUT2D eigenvalue weighted by atomic mass is 32.2. The van der Waals surface area contributed by atoms with E-state index in [0.29, 0.717) is 54.1 Å². The molecule has 0 spiro atoms. The molecule has 4 heterocycles. The molecule has 3 aliphatic rings. The summed E-state index contributed by atoms with van der Waals surface area (Å²) in [7, 11) is 0. The van der Waals surface area contributed by atoms with Crippen LogP contribution in [0.15, 0.2) is 52.2 Å². The van der Waals surface area contributed by atoms with Crippen LogP contribution in [0.2, 0.25) is 0 Å². The average molecular weight is 509 g/mol. The minimum absolute atomic E-state index is 0.0558. The lowest BCUT2D eigenvalue weighted by Crippen LogP contribution is -2.30. The van der Waals surface area contributed by atoms with Gasteiger partial charge in [-0.1, -0.05) is 0 Å². The molecule has 8 nitrogen and oxygen atoms in total. The maximum Gasteiger partial charge on any atom is 0.414 e. The van der Waals surface area contributed by atoms with E-state index in [-0.39, 0.29) is 35.5 Å². The SMILES string of the molecule is C[C@H]1[C@@H](NCCC[C@@H]2CN(c3ccc4c(c3)NC(=O)CS4)C(=O)O2)c2c(F)ccc3ccc(=O)n1c23. The third-order valence-corrected chi connectivity index (χ3v) is 8.20. The van der Waals surface area contributed by atoms with Crippen LogP contribution in [-0.2, 0) is 9.53 Å². The first-order valence-corrected chi connectivity index (χ1v) is 13.0. The van der Waals surface area contributed by atoms with Crippen molar-refractivity contribution in [3.63, 3.8) is 0 Å². The van der Waals surface area contributed by atoms with Gasteiger partial charge in [0.15, 0.2) is 0 Å². The second kappa shape index (κ2) is 8.94. The van der Waals surface area contributed by atoms with E-state index in [1.165, 1.54) is 23.9 Å². The molecule has 3 aromatic rings. The van der Waals surface area contributed by atoms with E-state index in [9.17, 15) is 18.8 Å². The van der Waals surface area contributed by atoms with Crippen molar-refractivity contribution in [1.82, 2.24) is 9.88 Å². The van der Waals surface area contributed by atoms with Crippen molar-refractivity contribution < 1.29 is 18.7 Å². The summed E-state index contributed by atoms with van der Waals surface area (Å²) in [5.74, 6) is 0.0155. The van der Waals surface area contributed by atoms with Crippen LogP contribution in [0.1, 0.15) is 37.4 Å². The van der Waals surface area contributed by atoms with Crippen molar-refractivity contribution in [1.29, 1.82) is 0 Å². The Labute approximate surface area is 210 Å². The highest BCUT2D eigenvalue weighted by Crippen LogP contribution is 2.40. The number of amides is 2. The van der Waals surface area contributed by atoms with E-state index in [0.717, 1.165) is 10.3 Å².